The molecule has 0 radical (unpaired) electrons. The molecule has 0 spiro atoms. The van der Waals surface area contributed by atoms with Crippen molar-refractivity contribution in [3.63, 3.8) is 0 Å². The van der Waals surface area contributed by atoms with Gasteiger partial charge in [-0.15, -0.1) is 15.0 Å². The second-order valence-electron chi connectivity index (χ2n) is 7.14. The van der Waals surface area contributed by atoms with Crippen molar-refractivity contribution < 1.29 is 9.90 Å². The Morgan fingerprint density at radius 3 is 2.24 bits per heavy atom. The number of phenolic OH excluding ortho intramolecular Hbond substituents is 1. The maximum absolute atomic E-state index is 13.1. The van der Waals surface area contributed by atoms with Crippen LogP contribution in [0.1, 0.15) is 47.7 Å². The first-order chi connectivity index (χ1) is 14.2. The number of ketones is 1. The van der Waals surface area contributed by atoms with E-state index >= 15 is 0 Å². The normalized spacial score (nSPS) is 11.1. The molecule has 4 aromatic rings. The van der Waals surface area contributed by atoms with Crippen LogP contribution in [-0.2, 0) is 6.42 Å². The summed E-state index contributed by atoms with van der Waals surface area (Å²) in [5.74, 6) is -0.309. The molecular weight excluding hydrogens is 362 g/mol. The number of aryl methyl sites for hydroxylation is 1. The Bertz CT molecular complexity index is 1120. The van der Waals surface area contributed by atoms with Gasteiger partial charge in [0, 0.05) is 5.56 Å². The Morgan fingerprint density at radius 1 is 0.931 bits per heavy atom. The van der Waals surface area contributed by atoms with Crippen LogP contribution in [0.15, 0.2) is 66.7 Å². The molecule has 0 bridgehead atoms. The summed E-state index contributed by atoms with van der Waals surface area (Å²) in [6.45, 7) is 2.16. The van der Waals surface area contributed by atoms with Gasteiger partial charge in [0.05, 0.1) is 5.56 Å². The van der Waals surface area contributed by atoms with E-state index in [0.717, 1.165) is 42.3 Å². The Balaban J connectivity index is 1.83. The van der Waals surface area contributed by atoms with E-state index in [1.165, 1.54) is 4.80 Å². The van der Waals surface area contributed by atoms with Crippen LogP contribution >= 0.6 is 0 Å². The van der Waals surface area contributed by atoms with E-state index in [-0.39, 0.29) is 17.1 Å². The van der Waals surface area contributed by atoms with E-state index in [1.807, 2.05) is 48.5 Å². The van der Waals surface area contributed by atoms with E-state index in [2.05, 4.69) is 17.1 Å². The third-order valence-electron chi connectivity index (χ3n) is 5.00. The molecule has 5 heteroatoms. The maximum Gasteiger partial charge on any atom is 0.196 e. The number of carbonyl (C=O) groups is 1. The molecule has 1 heterocycles. The predicted molar refractivity (Wildman–Crippen MR) is 114 cm³/mol. The fraction of sp³-hybridized carbons (Fsp3) is 0.208. The molecule has 0 amide bonds. The third-order valence-corrected chi connectivity index (χ3v) is 5.00. The molecule has 1 N–H and O–H groups in total. The second-order valence-corrected chi connectivity index (χ2v) is 7.14. The van der Waals surface area contributed by atoms with Gasteiger partial charge in [0.15, 0.2) is 11.5 Å². The lowest BCUT2D eigenvalue weighted by atomic mass is 9.97. The Kier molecular flexibility index (Phi) is 5.38. The van der Waals surface area contributed by atoms with Crippen LogP contribution in [0.2, 0.25) is 0 Å². The van der Waals surface area contributed by atoms with Gasteiger partial charge in [0.1, 0.15) is 16.7 Å². The summed E-state index contributed by atoms with van der Waals surface area (Å²) >= 11 is 0. The quantitative estimate of drug-likeness (QED) is 0.355. The molecule has 0 aliphatic rings. The van der Waals surface area contributed by atoms with Gasteiger partial charge in [-0.1, -0.05) is 62.2 Å². The number of hydrogen-bond acceptors (Lipinski definition) is 4. The van der Waals surface area contributed by atoms with Crippen LogP contribution in [0.3, 0.4) is 0 Å². The number of carbonyl (C=O) groups excluding carboxylic acids is 1. The lowest BCUT2D eigenvalue weighted by molar-refractivity contribution is 0.103. The standard InChI is InChI=1S/C24H23N3O2/c1-2-3-5-10-17-15-19(23(28)18-11-6-4-7-12-18)24(29)22(16-17)27-25-20-13-8-9-14-21(20)26-27/h4,6-9,11-16,29H,2-3,5,10H2,1H3. The minimum Gasteiger partial charge on any atom is -0.505 e. The van der Waals surface area contributed by atoms with Crippen molar-refractivity contribution in [2.75, 3.05) is 0 Å². The zero-order valence-corrected chi connectivity index (χ0v) is 16.4. The summed E-state index contributed by atoms with van der Waals surface area (Å²) < 4.78 is 0. The topological polar surface area (TPSA) is 68.0 Å². The molecule has 1 aromatic heterocycles. The average molecular weight is 385 g/mol. The predicted octanol–water partition coefficient (Wildman–Crippen LogP) is 5.09. The number of phenols is 1. The average Bonchev–Trinajstić information content (AvgIpc) is 3.19. The number of nitrogens with zero attached hydrogens (tertiary/aromatic N) is 3. The van der Waals surface area contributed by atoms with Gasteiger partial charge >= 0.3 is 0 Å². The van der Waals surface area contributed by atoms with Crippen LogP contribution in [0.25, 0.3) is 16.7 Å². The van der Waals surface area contributed by atoms with Crippen molar-refractivity contribution in [2.24, 2.45) is 0 Å². The summed E-state index contributed by atoms with van der Waals surface area (Å²) in [5.41, 5.74) is 3.71. The van der Waals surface area contributed by atoms with Gasteiger partial charge in [-0.25, -0.2) is 0 Å². The molecule has 5 nitrogen and oxygen atoms in total. The van der Waals surface area contributed by atoms with Gasteiger partial charge in [0.25, 0.3) is 0 Å². The molecule has 0 atom stereocenters. The van der Waals surface area contributed by atoms with E-state index in [9.17, 15) is 9.90 Å². The van der Waals surface area contributed by atoms with E-state index in [1.54, 1.807) is 18.2 Å². The van der Waals surface area contributed by atoms with Crippen LogP contribution in [0, 0.1) is 0 Å². The first-order valence-corrected chi connectivity index (χ1v) is 9.95. The number of benzene rings is 3. The summed E-state index contributed by atoms with van der Waals surface area (Å²) in [6.07, 6.45) is 4.08. The molecule has 0 aliphatic carbocycles. The van der Waals surface area contributed by atoms with Crippen molar-refractivity contribution in [3.8, 4) is 11.4 Å². The van der Waals surface area contributed by atoms with Gasteiger partial charge in [-0.05, 0) is 42.7 Å². The fourth-order valence-electron chi connectivity index (χ4n) is 3.44. The summed E-state index contributed by atoms with van der Waals surface area (Å²) in [7, 11) is 0. The first kappa shape index (κ1) is 18.9. The van der Waals surface area contributed by atoms with Crippen LogP contribution < -0.4 is 0 Å². The highest BCUT2D eigenvalue weighted by Crippen LogP contribution is 2.30. The van der Waals surface area contributed by atoms with Gasteiger partial charge < -0.3 is 5.11 Å². The van der Waals surface area contributed by atoms with Crippen molar-refractivity contribution in [1.29, 1.82) is 0 Å². The third kappa shape index (κ3) is 3.90. The van der Waals surface area contributed by atoms with Gasteiger partial charge in [-0.2, -0.15) is 0 Å². The fourth-order valence-corrected chi connectivity index (χ4v) is 3.44. The lowest BCUT2D eigenvalue weighted by Gasteiger charge is -2.12. The Labute approximate surface area is 169 Å². The number of fused-ring (bicyclic) bond motifs is 1. The zero-order chi connectivity index (χ0) is 20.2. The molecule has 0 fully saturated rings. The molecule has 0 saturated carbocycles. The van der Waals surface area contributed by atoms with Crippen LogP contribution in [0.4, 0.5) is 0 Å². The highest BCUT2D eigenvalue weighted by Gasteiger charge is 2.20. The minimum atomic E-state index is -0.210. The largest absolute Gasteiger partial charge is 0.505 e. The van der Waals surface area contributed by atoms with Crippen molar-refractivity contribution >= 4 is 16.8 Å². The monoisotopic (exact) mass is 385 g/mol. The lowest BCUT2D eigenvalue weighted by Crippen LogP contribution is -2.07. The molecule has 0 unspecified atom stereocenters. The van der Waals surface area contributed by atoms with Crippen molar-refractivity contribution in [2.45, 2.75) is 32.6 Å². The summed E-state index contributed by atoms with van der Waals surface area (Å²) in [5, 5.41) is 20.0. The Morgan fingerprint density at radius 2 is 1.59 bits per heavy atom. The first-order valence-electron chi connectivity index (χ1n) is 9.95. The van der Waals surface area contributed by atoms with E-state index < -0.39 is 0 Å². The maximum atomic E-state index is 13.1. The SMILES string of the molecule is CCCCCc1cc(C(=O)c2ccccc2)c(O)c(-n2nc3ccccc3n2)c1. The molecule has 0 saturated heterocycles. The summed E-state index contributed by atoms with van der Waals surface area (Å²) in [4.78, 5) is 14.5. The molecule has 0 aliphatic heterocycles. The number of unbranched alkanes of at least 4 members (excludes halogenated alkanes) is 2. The number of aromatic nitrogens is 3. The number of aromatic hydroxyl groups is 1. The van der Waals surface area contributed by atoms with E-state index in [0.29, 0.717) is 11.3 Å². The molecule has 29 heavy (non-hydrogen) atoms. The zero-order valence-electron chi connectivity index (χ0n) is 16.4. The van der Waals surface area contributed by atoms with Crippen molar-refractivity contribution in [3.05, 3.63) is 83.4 Å². The highest BCUT2D eigenvalue weighted by molar-refractivity contribution is 6.11. The Hall–Kier alpha value is -3.47. The van der Waals surface area contributed by atoms with E-state index in [4.69, 9.17) is 0 Å². The molecular formula is C24H23N3O2. The smallest absolute Gasteiger partial charge is 0.196 e. The minimum absolute atomic E-state index is 0.0987. The number of hydrogen-bond donors (Lipinski definition) is 1. The number of rotatable bonds is 7. The summed E-state index contributed by atoms with van der Waals surface area (Å²) in [6, 6.07) is 20.2. The second kappa shape index (κ2) is 8.27. The molecule has 4 rings (SSSR count). The highest BCUT2D eigenvalue weighted by atomic mass is 16.3. The molecule has 146 valence electrons. The van der Waals surface area contributed by atoms with Gasteiger partial charge in [-0.3, -0.25) is 4.79 Å². The van der Waals surface area contributed by atoms with Crippen molar-refractivity contribution in [1.82, 2.24) is 15.0 Å². The van der Waals surface area contributed by atoms with Crippen LogP contribution in [-0.4, -0.2) is 25.9 Å². The van der Waals surface area contributed by atoms with Crippen LogP contribution in [0.5, 0.6) is 5.75 Å². The molecule has 3 aromatic carbocycles. The van der Waals surface area contributed by atoms with Gasteiger partial charge in [0.2, 0.25) is 0 Å².